The number of amides is 2. The molecule has 0 aromatic heterocycles. The number of anilines is 1. The molecule has 1 aromatic carbocycles. The van der Waals surface area contributed by atoms with E-state index in [1.807, 2.05) is 0 Å². The van der Waals surface area contributed by atoms with E-state index >= 15 is 0 Å². The number of hydrogen-bond donors (Lipinski definition) is 3. The average molecular weight is 305 g/mol. The minimum absolute atomic E-state index is 0.0774. The van der Waals surface area contributed by atoms with Crippen molar-refractivity contribution < 1.29 is 4.79 Å². The van der Waals surface area contributed by atoms with Crippen molar-refractivity contribution in [1.29, 1.82) is 0 Å². The number of nitrogens with two attached hydrogens (primary N) is 1. The van der Waals surface area contributed by atoms with E-state index in [9.17, 15) is 4.79 Å². The first kappa shape index (κ1) is 14.7. The largest absolute Gasteiger partial charge is 0.338 e. The Kier molecular flexibility index (Phi) is 4.70. The van der Waals surface area contributed by atoms with Gasteiger partial charge in [-0.3, -0.25) is 5.14 Å². The SMILES string of the molecule is NSCCCNC(=O)Nc1c2c(cc3c1CCC3)CCC2. The topological polar surface area (TPSA) is 67.1 Å². The summed E-state index contributed by atoms with van der Waals surface area (Å²) < 4.78 is 0. The maximum atomic E-state index is 12.1. The van der Waals surface area contributed by atoms with Crippen LogP contribution in [0.4, 0.5) is 10.5 Å². The van der Waals surface area contributed by atoms with Gasteiger partial charge in [0.15, 0.2) is 0 Å². The molecule has 0 atom stereocenters. The third kappa shape index (κ3) is 3.19. The molecule has 0 bridgehead atoms. The average Bonchev–Trinajstić information content (AvgIpc) is 3.11. The van der Waals surface area contributed by atoms with Crippen LogP contribution < -0.4 is 15.8 Å². The summed E-state index contributed by atoms with van der Waals surface area (Å²) in [5, 5.41) is 11.4. The molecule has 2 aliphatic rings. The Hall–Kier alpha value is -1.20. The van der Waals surface area contributed by atoms with Gasteiger partial charge in [0.1, 0.15) is 0 Å². The van der Waals surface area contributed by atoms with Crippen LogP contribution in [-0.4, -0.2) is 18.3 Å². The molecule has 0 radical (unpaired) electrons. The van der Waals surface area contributed by atoms with Crippen molar-refractivity contribution in [2.45, 2.75) is 44.9 Å². The molecule has 1 aromatic rings. The lowest BCUT2D eigenvalue weighted by molar-refractivity contribution is 0.252. The molecule has 0 aliphatic heterocycles. The van der Waals surface area contributed by atoms with Crippen LogP contribution in [0, 0.1) is 0 Å². The predicted octanol–water partition coefficient (Wildman–Crippen LogP) is 2.78. The smallest absolute Gasteiger partial charge is 0.319 e. The number of nitrogens with one attached hydrogen (secondary N) is 2. The monoisotopic (exact) mass is 305 g/mol. The number of benzene rings is 1. The molecule has 0 heterocycles. The van der Waals surface area contributed by atoms with Gasteiger partial charge in [-0.25, -0.2) is 4.79 Å². The van der Waals surface area contributed by atoms with E-state index in [0.29, 0.717) is 6.54 Å². The first-order valence-electron chi connectivity index (χ1n) is 7.82. The van der Waals surface area contributed by atoms with Crippen LogP contribution in [-0.2, 0) is 25.7 Å². The second-order valence-electron chi connectivity index (χ2n) is 5.84. The van der Waals surface area contributed by atoms with Crippen molar-refractivity contribution in [3.8, 4) is 0 Å². The summed E-state index contributed by atoms with van der Waals surface area (Å²) in [5.74, 6) is 0.871. The quantitative estimate of drug-likeness (QED) is 0.579. The maximum absolute atomic E-state index is 12.1. The second kappa shape index (κ2) is 6.71. The highest BCUT2D eigenvalue weighted by molar-refractivity contribution is 7.97. The molecule has 0 fully saturated rings. The van der Waals surface area contributed by atoms with Gasteiger partial charge in [-0.05, 0) is 67.2 Å². The molecule has 3 rings (SSSR count). The number of hydrogen-bond acceptors (Lipinski definition) is 3. The van der Waals surface area contributed by atoms with Crippen LogP contribution >= 0.6 is 11.9 Å². The lowest BCUT2D eigenvalue weighted by atomic mass is 9.99. The minimum atomic E-state index is -0.0774. The molecule has 4 nitrogen and oxygen atoms in total. The molecule has 0 saturated carbocycles. The van der Waals surface area contributed by atoms with Crippen LogP contribution in [0.1, 0.15) is 41.5 Å². The van der Waals surface area contributed by atoms with Gasteiger partial charge in [-0.2, -0.15) is 0 Å². The first-order chi connectivity index (χ1) is 10.3. The Bertz CT molecular complexity index is 513. The fourth-order valence-electron chi connectivity index (χ4n) is 3.48. The highest BCUT2D eigenvalue weighted by atomic mass is 32.2. The Morgan fingerprint density at radius 3 is 2.43 bits per heavy atom. The van der Waals surface area contributed by atoms with Crippen molar-refractivity contribution in [2.24, 2.45) is 5.14 Å². The summed E-state index contributed by atoms with van der Waals surface area (Å²) in [7, 11) is 0. The Labute approximate surface area is 130 Å². The zero-order valence-electron chi connectivity index (χ0n) is 12.3. The number of carbonyl (C=O) groups excluding carboxylic acids is 1. The zero-order valence-corrected chi connectivity index (χ0v) is 13.2. The van der Waals surface area contributed by atoms with Crippen LogP contribution in [0.15, 0.2) is 6.07 Å². The molecule has 2 aliphatic carbocycles. The van der Waals surface area contributed by atoms with Crippen LogP contribution in [0.3, 0.4) is 0 Å². The van der Waals surface area contributed by atoms with Crippen molar-refractivity contribution in [2.75, 3.05) is 17.6 Å². The molecule has 4 N–H and O–H groups in total. The summed E-state index contributed by atoms with van der Waals surface area (Å²) in [6, 6.07) is 2.30. The Balaban J connectivity index is 1.72. The summed E-state index contributed by atoms with van der Waals surface area (Å²) in [6.45, 7) is 0.674. The van der Waals surface area contributed by atoms with Gasteiger partial charge in [0.25, 0.3) is 0 Å². The van der Waals surface area contributed by atoms with E-state index in [4.69, 9.17) is 5.14 Å². The third-order valence-electron chi connectivity index (χ3n) is 4.44. The fraction of sp³-hybridized carbons (Fsp3) is 0.562. The molecule has 0 spiro atoms. The van der Waals surface area contributed by atoms with Gasteiger partial charge < -0.3 is 10.6 Å². The summed E-state index contributed by atoms with van der Waals surface area (Å²) in [6.07, 6.45) is 7.84. The van der Waals surface area contributed by atoms with Crippen LogP contribution in [0.5, 0.6) is 0 Å². The lowest BCUT2D eigenvalue weighted by Crippen LogP contribution is -2.30. The molecular weight excluding hydrogens is 282 g/mol. The lowest BCUT2D eigenvalue weighted by Gasteiger charge is -2.16. The van der Waals surface area contributed by atoms with Crippen molar-refractivity contribution in [1.82, 2.24) is 5.32 Å². The second-order valence-corrected chi connectivity index (χ2v) is 6.58. The third-order valence-corrected chi connectivity index (χ3v) is 4.96. The number of aryl methyl sites for hydroxylation is 2. The highest BCUT2D eigenvalue weighted by Crippen LogP contribution is 2.38. The Morgan fingerprint density at radius 2 is 1.81 bits per heavy atom. The molecular formula is C16H23N3OS. The van der Waals surface area contributed by atoms with Crippen molar-refractivity contribution in [3.05, 3.63) is 28.3 Å². The summed E-state index contributed by atoms with van der Waals surface area (Å²) in [5.41, 5.74) is 6.77. The van der Waals surface area contributed by atoms with Gasteiger partial charge in [0.2, 0.25) is 0 Å². The minimum Gasteiger partial charge on any atom is -0.338 e. The van der Waals surface area contributed by atoms with Crippen molar-refractivity contribution in [3.63, 3.8) is 0 Å². The van der Waals surface area contributed by atoms with E-state index in [-0.39, 0.29) is 6.03 Å². The van der Waals surface area contributed by atoms with E-state index in [0.717, 1.165) is 43.5 Å². The van der Waals surface area contributed by atoms with Gasteiger partial charge in [0.05, 0.1) is 0 Å². The number of carbonyl (C=O) groups is 1. The van der Waals surface area contributed by atoms with E-state index < -0.39 is 0 Å². The van der Waals surface area contributed by atoms with Crippen molar-refractivity contribution >= 4 is 23.7 Å². The first-order valence-corrected chi connectivity index (χ1v) is 8.87. The van der Waals surface area contributed by atoms with E-state index in [1.54, 1.807) is 0 Å². The van der Waals surface area contributed by atoms with Crippen LogP contribution in [0.2, 0.25) is 0 Å². The normalized spacial score (nSPS) is 15.7. The summed E-state index contributed by atoms with van der Waals surface area (Å²) in [4.78, 5) is 12.1. The molecule has 21 heavy (non-hydrogen) atoms. The molecule has 2 amide bonds. The molecule has 0 saturated heterocycles. The number of fused-ring (bicyclic) bond motifs is 2. The fourth-order valence-corrected chi connectivity index (χ4v) is 3.79. The van der Waals surface area contributed by atoms with Gasteiger partial charge in [-0.1, -0.05) is 18.0 Å². The molecule has 114 valence electrons. The maximum Gasteiger partial charge on any atom is 0.319 e. The van der Waals surface area contributed by atoms with Gasteiger partial charge in [-0.15, -0.1) is 0 Å². The predicted molar refractivity (Wildman–Crippen MR) is 88.8 cm³/mol. The molecule has 0 unspecified atom stereocenters. The van der Waals surface area contributed by atoms with Gasteiger partial charge >= 0.3 is 6.03 Å². The van der Waals surface area contributed by atoms with E-state index in [2.05, 4.69) is 16.7 Å². The summed E-state index contributed by atoms with van der Waals surface area (Å²) >= 11 is 1.32. The van der Waals surface area contributed by atoms with E-state index in [1.165, 1.54) is 47.0 Å². The number of urea groups is 1. The zero-order chi connectivity index (χ0) is 14.7. The van der Waals surface area contributed by atoms with Crippen LogP contribution in [0.25, 0.3) is 0 Å². The Morgan fingerprint density at radius 1 is 1.14 bits per heavy atom. The van der Waals surface area contributed by atoms with Gasteiger partial charge in [0, 0.05) is 18.0 Å². The number of rotatable bonds is 5. The standard InChI is InChI=1S/C16H23N3OS/c17-21-9-3-8-18-16(20)19-15-13-6-1-4-11(13)10-12-5-2-7-14(12)15/h10H,1-9,17H2,(H2,18,19,20). The molecule has 5 heteroatoms. The highest BCUT2D eigenvalue weighted by Gasteiger charge is 2.24.